The summed E-state index contributed by atoms with van der Waals surface area (Å²) in [5, 5.41) is 19.8. The van der Waals surface area contributed by atoms with E-state index < -0.39 is 0 Å². The summed E-state index contributed by atoms with van der Waals surface area (Å²) in [5.41, 5.74) is 5.62. The lowest BCUT2D eigenvalue weighted by Crippen LogP contribution is -2.04. The Hall–Kier alpha value is -3.91. The molecule has 0 atom stereocenters. The lowest BCUT2D eigenvalue weighted by atomic mass is 9.97. The number of aromatic amines is 1. The van der Waals surface area contributed by atoms with E-state index in [4.69, 9.17) is 26.7 Å². The van der Waals surface area contributed by atoms with E-state index in [2.05, 4.69) is 40.5 Å². The summed E-state index contributed by atoms with van der Waals surface area (Å²) >= 11 is 6.45. The maximum absolute atomic E-state index is 6.45. The SMILES string of the molecule is CCCCn1nc(-c2ccccc2Cl)nc1-c1cnc(-c2ccccc2-c2nnn[nH]2)c(CC)c1. The second-order valence-corrected chi connectivity index (χ2v) is 8.60. The normalized spacial score (nSPS) is 11.2. The highest BCUT2D eigenvalue weighted by Gasteiger charge is 2.19. The zero-order valence-corrected chi connectivity index (χ0v) is 20.4. The van der Waals surface area contributed by atoms with Crippen LogP contribution in [-0.4, -0.2) is 40.4 Å². The van der Waals surface area contributed by atoms with Crippen molar-refractivity contribution < 1.29 is 0 Å². The fourth-order valence-corrected chi connectivity index (χ4v) is 4.31. The fourth-order valence-electron chi connectivity index (χ4n) is 4.09. The molecule has 0 spiro atoms. The van der Waals surface area contributed by atoms with Crippen molar-refractivity contribution in [2.45, 2.75) is 39.7 Å². The maximum atomic E-state index is 6.45. The zero-order valence-electron chi connectivity index (χ0n) is 19.6. The molecule has 0 unspecified atom stereocenters. The number of aromatic nitrogens is 8. The van der Waals surface area contributed by atoms with Gasteiger partial charge in [0, 0.05) is 35.0 Å². The average molecular weight is 485 g/mol. The summed E-state index contributed by atoms with van der Waals surface area (Å²) in [4.78, 5) is 9.79. The van der Waals surface area contributed by atoms with Gasteiger partial charge >= 0.3 is 0 Å². The van der Waals surface area contributed by atoms with Crippen molar-refractivity contribution in [1.29, 1.82) is 0 Å². The van der Waals surface area contributed by atoms with E-state index in [-0.39, 0.29) is 0 Å². The molecule has 1 N–H and O–H groups in total. The number of halogens is 1. The van der Waals surface area contributed by atoms with Gasteiger partial charge in [-0.1, -0.05) is 68.3 Å². The second kappa shape index (κ2) is 10.1. The first-order valence-corrected chi connectivity index (χ1v) is 12.1. The minimum atomic E-state index is 0.609. The van der Waals surface area contributed by atoms with Crippen molar-refractivity contribution in [2.24, 2.45) is 0 Å². The van der Waals surface area contributed by atoms with Crippen molar-refractivity contribution in [1.82, 2.24) is 40.4 Å². The molecule has 5 aromatic rings. The molecule has 0 amide bonds. The first kappa shape index (κ1) is 22.9. The summed E-state index contributed by atoms with van der Waals surface area (Å²) in [6.45, 7) is 5.06. The van der Waals surface area contributed by atoms with Gasteiger partial charge in [0.15, 0.2) is 17.5 Å². The fraction of sp³-hybridized carbons (Fsp3) is 0.231. The smallest absolute Gasteiger partial charge is 0.183 e. The van der Waals surface area contributed by atoms with Crippen LogP contribution < -0.4 is 0 Å². The zero-order chi connectivity index (χ0) is 24.2. The highest BCUT2D eigenvalue weighted by molar-refractivity contribution is 6.33. The largest absolute Gasteiger partial charge is 0.255 e. The van der Waals surface area contributed by atoms with Crippen LogP contribution in [0.1, 0.15) is 32.3 Å². The Balaban J connectivity index is 1.60. The van der Waals surface area contributed by atoms with E-state index in [1.54, 1.807) is 0 Å². The minimum Gasteiger partial charge on any atom is -0.255 e. The van der Waals surface area contributed by atoms with Crippen LogP contribution in [0.4, 0.5) is 0 Å². The molecule has 0 fully saturated rings. The van der Waals surface area contributed by atoms with E-state index in [1.165, 1.54) is 0 Å². The molecule has 0 aliphatic rings. The summed E-state index contributed by atoms with van der Waals surface area (Å²) in [6, 6.07) is 17.8. The molecule has 0 bridgehead atoms. The average Bonchev–Trinajstić information content (AvgIpc) is 3.58. The molecule has 9 heteroatoms. The Morgan fingerprint density at radius 2 is 1.74 bits per heavy atom. The van der Waals surface area contributed by atoms with Crippen molar-refractivity contribution in [3.63, 3.8) is 0 Å². The van der Waals surface area contributed by atoms with Crippen LogP contribution in [0.2, 0.25) is 5.02 Å². The molecule has 0 saturated carbocycles. The monoisotopic (exact) mass is 484 g/mol. The number of nitrogens with zero attached hydrogens (tertiary/aromatic N) is 7. The van der Waals surface area contributed by atoms with E-state index >= 15 is 0 Å². The van der Waals surface area contributed by atoms with Crippen molar-refractivity contribution >= 4 is 11.6 Å². The molecular weight excluding hydrogens is 460 g/mol. The number of pyridine rings is 1. The van der Waals surface area contributed by atoms with Crippen molar-refractivity contribution in [2.75, 3.05) is 0 Å². The number of hydrogen-bond donors (Lipinski definition) is 1. The van der Waals surface area contributed by atoms with Gasteiger partial charge in [-0.25, -0.2) is 14.8 Å². The Morgan fingerprint density at radius 1 is 0.971 bits per heavy atom. The summed E-state index contributed by atoms with van der Waals surface area (Å²) in [6.07, 6.45) is 4.74. The molecule has 0 saturated heterocycles. The Kier molecular flexibility index (Phi) is 6.63. The first-order chi connectivity index (χ1) is 17.2. The van der Waals surface area contributed by atoms with Crippen molar-refractivity contribution in [3.8, 4) is 45.4 Å². The topological polar surface area (TPSA) is 98.1 Å². The molecule has 2 aromatic carbocycles. The van der Waals surface area contributed by atoms with Gasteiger partial charge in [-0.15, -0.1) is 5.10 Å². The van der Waals surface area contributed by atoms with Crippen molar-refractivity contribution in [3.05, 3.63) is 71.4 Å². The number of nitrogens with one attached hydrogen (secondary N) is 1. The number of aryl methyl sites for hydroxylation is 2. The molecule has 8 nitrogen and oxygen atoms in total. The summed E-state index contributed by atoms with van der Waals surface area (Å²) < 4.78 is 1.96. The van der Waals surface area contributed by atoms with E-state index in [9.17, 15) is 0 Å². The van der Waals surface area contributed by atoms with Crippen LogP contribution in [0.25, 0.3) is 45.4 Å². The Labute approximate surface area is 208 Å². The number of hydrogen-bond acceptors (Lipinski definition) is 6. The third kappa shape index (κ3) is 4.57. The Bertz CT molecular complexity index is 1440. The maximum Gasteiger partial charge on any atom is 0.183 e. The van der Waals surface area contributed by atoms with Crippen LogP contribution in [-0.2, 0) is 13.0 Å². The number of benzene rings is 2. The van der Waals surface area contributed by atoms with Gasteiger partial charge in [-0.05, 0) is 47.0 Å². The van der Waals surface area contributed by atoms with Gasteiger partial charge < -0.3 is 0 Å². The van der Waals surface area contributed by atoms with Crippen LogP contribution >= 0.6 is 11.6 Å². The predicted octanol–water partition coefficient (Wildman–Crippen LogP) is 5.87. The first-order valence-electron chi connectivity index (χ1n) is 11.7. The molecule has 0 aliphatic carbocycles. The third-order valence-corrected chi connectivity index (χ3v) is 6.23. The highest BCUT2D eigenvalue weighted by atomic mass is 35.5. The minimum absolute atomic E-state index is 0.609. The second-order valence-electron chi connectivity index (χ2n) is 8.20. The van der Waals surface area contributed by atoms with Crippen LogP contribution in [0.15, 0.2) is 60.8 Å². The van der Waals surface area contributed by atoms with Gasteiger partial charge in [-0.3, -0.25) is 4.98 Å². The molecule has 5 rings (SSSR count). The summed E-state index contributed by atoms with van der Waals surface area (Å²) in [7, 11) is 0. The predicted molar refractivity (Wildman–Crippen MR) is 137 cm³/mol. The number of H-pyrrole nitrogens is 1. The van der Waals surface area contributed by atoms with E-state index in [0.29, 0.717) is 16.7 Å². The molecule has 35 heavy (non-hydrogen) atoms. The number of unbranched alkanes of at least 4 members (excludes halogenated alkanes) is 1. The Morgan fingerprint density at radius 3 is 2.46 bits per heavy atom. The molecular formula is C26H25ClN8. The molecule has 3 heterocycles. The molecule has 0 aliphatic heterocycles. The molecule has 0 radical (unpaired) electrons. The summed E-state index contributed by atoms with van der Waals surface area (Å²) in [5.74, 6) is 2.01. The third-order valence-electron chi connectivity index (χ3n) is 5.90. The lowest BCUT2D eigenvalue weighted by Gasteiger charge is -2.12. The van der Waals surface area contributed by atoms with E-state index in [0.717, 1.165) is 65.1 Å². The standard InChI is InChI=1S/C26H25ClN8/c1-3-5-14-35-26(29-24(32-35)21-12-8-9-13-22(21)27)18-15-17(4-2)23(28-16-18)19-10-6-7-11-20(19)25-30-33-34-31-25/h6-13,15-16H,3-5,14H2,1-2H3,(H,30,31,33,34). The van der Waals surface area contributed by atoms with Gasteiger partial charge in [0.1, 0.15) is 0 Å². The van der Waals surface area contributed by atoms with Gasteiger partial charge in [0.25, 0.3) is 0 Å². The highest BCUT2D eigenvalue weighted by Crippen LogP contribution is 2.33. The molecule has 176 valence electrons. The lowest BCUT2D eigenvalue weighted by molar-refractivity contribution is 0.577. The van der Waals surface area contributed by atoms with Crippen LogP contribution in [0.5, 0.6) is 0 Å². The van der Waals surface area contributed by atoms with Gasteiger partial charge in [0.05, 0.1) is 10.7 Å². The number of tetrazole rings is 1. The van der Waals surface area contributed by atoms with Crippen LogP contribution in [0.3, 0.4) is 0 Å². The quantitative estimate of drug-likeness (QED) is 0.295. The molecule has 3 aromatic heterocycles. The van der Waals surface area contributed by atoms with E-state index in [1.807, 2.05) is 59.4 Å². The number of rotatable bonds is 8. The van der Waals surface area contributed by atoms with Crippen LogP contribution in [0, 0.1) is 0 Å². The van der Waals surface area contributed by atoms with Gasteiger partial charge in [-0.2, -0.15) is 5.10 Å². The van der Waals surface area contributed by atoms with Gasteiger partial charge in [0.2, 0.25) is 0 Å².